The first-order valence-corrected chi connectivity index (χ1v) is 4.34. The average Bonchev–Trinajstić information content (AvgIpc) is 2.10. The Bertz CT molecular complexity index is 124. The van der Waals surface area contributed by atoms with Crippen LogP contribution in [0.25, 0.3) is 0 Å². The summed E-state index contributed by atoms with van der Waals surface area (Å²) < 4.78 is 0. The van der Waals surface area contributed by atoms with Gasteiger partial charge in [-0.1, -0.05) is 6.92 Å². The monoisotopic (exact) mass is 174 g/mol. The van der Waals surface area contributed by atoms with Gasteiger partial charge in [-0.2, -0.15) is 0 Å². The standard InChI is InChI=1S/C8H18N2O2/c1-2-7(6-11)10-8(12)4-3-5-9/h7,11H,2-6,9H2,1H3,(H,10,12)/t7-/m0/s1. The number of carbonyl (C=O) groups is 1. The quantitative estimate of drug-likeness (QED) is 0.513. The molecule has 12 heavy (non-hydrogen) atoms. The lowest BCUT2D eigenvalue weighted by molar-refractivity contribution is -0.122. The van der Waals surface area contributed by atoms with Crippen LogP contribution < -0.4 is 11.1 Å². The molecule has 0 bridgehead atoms. The fraction of sp³-hybridized carbons (Fsp3) is 0.875. The van der Waals surface area contributed by atoms with Crippen LogP contribution in [0, 0.1) is 0 Å². The van der Waals surface area contributed by atoms with Crippen molar-refractivity contribution in [1.29, 1.82) is 0 Å². The Morgan fingerprint density at radius 1 is 1.67 bits per heavy atom. The maximum absolute atomic E-state index is 11.1. The molecule has 0 saturated heterocycles. The van der Waals surface area contributed by atoms with Gasteiger partial charge in [-0.25, -0.2) is 0 Å². The molecule has 0 aliphatic rings. The molecule has 0 rings (SSSR count). The zero-order chi connectivity index (χ0) is 9.40. The number of amides is 1. The lowest BCUT2D eigenvalue weighted by Crippen LogP contribution is -2.36. The summed E-state index contributed by atoms with van der Waals surface area (Å²) in [6.45, 7) is 2.46. The summed E-state index contributed by atoms with van der Waals surface area (Å²) in [6.07, 6.45) is 1.91. The van der Waals surface area contributed by atoms with E-state index in [0.717, 1.165) is 6.42 Å². The summed E-state index contributed by atoms with van der Waals surface area (Å²) in [4.78, 5) is 11.1. The van der Waals surface area contributed by atoms with E-state index in [2.05, 4.69) is 5.32 Å². The summed E-state index contributed by atoms with van der Waals surface area (Å²) >= 11 is 0. The number of nitrogens with two attached hydrogens (primary N) is 1. The third-order valence-corrected chi connectivity index (χ3v) is 1.69. The number of aliphatic hydroxyl groups is 1. The second-order valence-electron chi connectivity index (χ2n) is 2.75. The summed E-state index contributed by atoms with van der Waals surface area (Å²) in [5.74, 6) is -0.0265. The lowest BCUT2D eigenvalue weighted by atomic mass is 10.2. The molecule has 4 heteroatoms. The zero-order valence-corrected chi connectivity index (χ0v) is 7.55. The molecule has 1 amide bonds. The van der Waals surface area contributed by atoms with E-state index in [1.165, 1.54) is 0 Å². The first kappa shape index (κ1) is 11.4. The Hall–Kier alpha value is -0.610. The van der Waals surface area contributed by atoms with Gasteiger partial charge in [0, 0.05) is 6.42 Å². The Kier molecular flexibility index (Phi) is 6.70. The lowest BCUT2D eigenvalue weighted by Gasteiger charge is -2.13. The highest BCUT2D eigenvalue weighted by atomic mass is 16.3. The normalized spacial score (nSPS) is 12.6. The summed E-state index contributed by atoms with van der Waals surface area (Å²) in [5, 5.41) is 11.5. The van der Waals surface area contributed by atoms with Gasteiger partial charge in [0.15, 0.2) is 0 Å². The molecular weight excluding hydrogens is 156 g/mol. The van der Waals surface area contributed by atoms with Crippen LogP contribution in [-0.4, -0.2) is 30.2 Å². The Morgan fingerprint density at radius 2 is 2.33 bits per heavy atom. The van der Waals surface area contributed by atoms with Gasteiger partial charge in [0.25, 0.3) is 0 Å². The number of carbonyl (C=O) groups excluding carboxylic acids is 1. The molecule has 0 unspecified atom stereocenters. The molecule has 0 radical (unpaired) electrons. The highest BCUT2D eigenvalue weighted by Gasteiger charge is 2.07. The molecule has 4 nitrogen and oxygen atoms in total. The number of aliphatic hydroxyl groups excluding tert-OH is 1. The van der Waals surface area contributed by atoms with E-state index < -0.39 is 0 Å². The summed E-state index contributed by atoms with van der Waals surface area (Å²) in [5.41, 5.74) is 5.24. The highest BCUT2D eigenvalue weighted by molar-refractivity contribution is 5.76. The van der Waals surface area contributed by atoms with E-state index in [-0.39, 0.29) is 18.6 Å². The van der Waals surface area contributed by atoms with Gasteiger partial charge in [-0.3, -0.25) is 4.79 Å². The molecule has 0 aromatic rings. The van der Waals surface area contributed by atoms with Crippen LogP contribution in [0.15, 0.2) is 0 Å². The van der Waals surface area contributed by atoms with Gasteiger partial charge in [0.2, 0.25) is 5.91 Å². The molecule has 0 aliphatic carbocycles. The Labute approximate surface area is 73.1 Å². The molecule has 0 spiro atoms. The topological polar surface area (TPSA) is 75.3 Å². The van der Waals surface area contributed by atoms with Crippen molar-refractivity contribution in [2.24, 2.45) is 5.73 Å². The smallest absolute Gasteiger partial charge is 0.220 e. The maximum Gasteiger partial charge on any atom is 0.220 e. The molecule has 0 heterocycles. The van der Waals surface area contributed by atoms with Crippen molar-refractivity contribution in [3.05, 3.63) is 0 Å². The fourth-order valence-electron chi connectivity index (χ4n) is 0.839. The molecule has 4 N–H and O–H groups in total. The van der Waals surface area contributed by atoms with Crippen molar-refractivity contribution < 1.29 is 9.90 Å². The second-order valence-corrected chi connectivity index (χ2v) is 2.75. The van der Waals surface area contributed by atoms with Gasteiger partial charge < -0.3 is 16.2 Å². The number of hydrogen-bond donors (Lipinski definition) is 3. The number of hydrogen-bond acceptors (Lipinski definition) is 3. The van der Waals surface area contributed by atoms with Crippen molar-refractivity contribution in [1.82, 2.24) is 5.32 Å². The van der Waals surface area contributed by atoms with Gasteiger partial charge in [0.1, 0.15) is 0 Å². The van der Waals surface area contributed by atoms with Gasteiger partial charge in [-0.15, -0.1) is 0 Å². The number of rotatable bonds is 6. The molecule has 0 aromatic heterocycles. The molecule has 1 atom stereocenters. The van der Waals surface area contributed by atoms with Crippen LogP contribution in [0.2, 0.25) is 0 Å². The van der Waals surface area contributed by atoms with Crippen LogP contribution in [0.4, 0.5) is 0 Å². The van der Waals surface area contributed by atoms with E-state index in [1.807, 2.05) is 6.92 Å². The minimum absolute atomic E-state index is 0.00483. The third kappa shape index (κ3) is 5.09. The Balaban J connectivity index is 3.52. The van der Waals surface area contributed by atoms with Crippen LogP contribution in [0.3, 0.4) is 0 Å². The first-order chi connectivity index (χ1) is 5.74. The average molecular weight is 174 g/mol. The molecule has 0 fully saturated rings. The molecule has 0 aromatic carbocycles. The third-order valence-electron chi connectivity index (χ3n) is 1.69. The molecule has 0 aliphatic heterocycles. The van der Waals surface area contributed by atoms with Gasteiger partial charge in [0.05, 0.1) is 12.6 Å². The molecule has 72 valence electrons. The van der Waals surface area contributed by atoms with Crippen molar-refractivity contribution in [3.8, 4) is 0 Å². The fourth-order valence-corrected chi connectivity index (χ4v) is 0.839. The van der Waals surface area contributed by atoms with E-state index in [9.17, 15) is 4.79 Å². The van der Waals surface area contributed by atoms with Crippen LogP contribution in [0.1, 0.15) is 26.2 Å². The summed E-state index contributed by atoms with van der Waals surface area (Å²) in [6, 6.07) is -0.102. The first-order valence-electron chi connectivity index (χ1n) is 4.34. The SMILES string of the molecule is CC[C@@H](CO)NC(=O)CCCN. The van der Waals surface area contributed by atoms with Gasteiger partial charge >= 0.3 is 0 Å². The second kappa shape index (κ2) is 7.06. The van der Waals surface area contributed by atoms with Crippen LogP contribution in [0.5, 0.6) is 0 Å². The van der Waals surface area contributed by atoms with Crippen molar-refractivity contribution in [3.63, 3.8) is 0 Å². The van der Waals surface area contributed by atoms with E-state index in [1.54, 1.807) is 0 Å². The summed E-state index contributed by atoms with van der Waals surface area (Å²) in [7, 11) is 0. The van der Waals surface area contributed by atoms with Crippen molar-refractivity contribution in [2.75, 3.05) is 13.2 Å². The maximum atomic E-state index is 11.1. The highest BCUT2D eigenvalue weighted by Crippen LogP contribution is 1.92. The van der Waals surface area contributed by atoms with Crippen LogP contribution >= 0.6 is 0 Å². The van der Waals surface area contributed by atoms with Crippen molar-refractivity contribution >= 4 is 5.91 Å². The predicted octanol–water partition coefficient (Wildman–Crippen LogP) is -0.388. The zero-order valence-electron chi connectivity index (χ0n) is 7.55. The van der Waals surface area contributed by atoms with E-state index in [0.29, 0.717) is 19.4 Å². The largest absolute Gasteiger partial charge is 0.394 e. The van der Waals surface area contributed by atoms with Crippen LogP contribution in [-0.2, 0) is 4.79 Å². The van der Waals surface area contributed by atoms with E-state index >= 15 is 0 Å². The predicted molar refractivity (Wildman–Crippen MR) is 47.6 cm³/mol. The minimum Gasteiger partial charge on any atom is -0.394 e. The van der Waals surface area contributed by atoms with E-state index in [4.69, 9.17) is 10.8 Å². The minimum atomic E-state index is -0.102. The number of nitrogens with one attached hydrogen (secondary N) is 1. The Morgan fingerprint density at radius 3 is 2.75 bits per heavy atom. The molecule has 0 saturated carbocycles. The van der Waals surface area contributed by atoms with Crippen molar-refractivity contribution in [2.45, 2.75) is 32.2 Å². The van der Waals surface area contributed by atoms with Gasteiger partial charge in [-0.05, 0) is 19.4 Å². The molecular formula is C8H18N2O2.